The van der Waals surface area contributed by atoms with Crippen molar-refractivity contribution in [1.29, 1.82) is 0 Å². The molecule has 2 heterocycles. The molecule has 5 rings (SSSR count). The summed E-state index contributed by atoms with van der Waals surface area (Å²) in [5, 5.41) is 5.02. The van der Waals surface area contributed by atoms with Crippen LogP contribution in [-0.2, 0) is 13.1 Å². The predicted molar refractivity (Wildman–Crippen MR) is 111 cm³/mol. The Hall–Kier alpha value is -1.66. The molecule has 1 aliphatic heterocycles. The van der Waals surface area contributed by atoms with E-state index in [1.165, 1.54) is 56.1 Å². The van der Waals surface area contributed by atoms with Crippen LogP contribution in [0.15, 0.2) is 24.3 Å². The average Bonchev–Trinajstić information content (AvgIpc) is 3.35. The van der Waals surface area contributed by atoms with Crippen molar-refractivity contribution in [3.8, 4) is 0 Å². The first-order valence-electron chi connectivity index (χ1n) is 10.4. The Morgan fingerprint density at radius 1 is 1.11 bits per heavy atom. The first-order chi connectivity index (χ1) is 13.2. The highest BCUT2D eigenvalue weighted by atomic mass is 32.1. The molecule has 1 atom stereocenters. The topological polar surface area (TPSA) is 29.2 Å². The Morgan fingerprint density at radius 3 is 2.67 bits per heavy atom. The van der Waals surface area contributed by atoms with E-state index in [1.807, 2.05) is 0 Å². The van der Waals surface area contributed by atoms with Crippen molar-refractivity contribution >= 4 is 18.2 Å². The molecule has 2 aliphatic carbocycles. The van der Waals surface area contributed by atoms with Crippen LogP contribution in [0.4, 0.5) is 5.95 Å². The van der Waals surface area contributed by atoms with E-state index in [4.69, 9.17) is 17.3 Å². The minimum absolute atomic E-state index is 0.465. The third-order valence-corrected chi connectivity index (χ3v) is 6.80. The lowest BCUT2D eigenvalue weighted by atomic mass is 10.1. The number of hydrogen-bond donors (Lipinski definition) is 0. The van der Waals surface area contributed by atoms with E-state index in [2.05, 4.69) is 50.4 Å². The third kappa shape index (κ3) is 3.23. The summed E-state index contributed by atoms with van der Waals surface area (Å²) >= 11 is 5.88. The zero-order valence-electron chi connectivity index (χ0n) is 16.2. The van der Waals surface area contributed by atoms with Crippen LogP contribution in [0.3, 0.4) is 0 Å². The van der Waals surface area contributed by atoms with Crippen molar-refractivity contribution in [2.75, 3.05) is 25.0 Å². The summed E-state index contributed by atoms with van der Waals surface area (Å²) in [4.78, 5) is 4.88. The molecule has 2 fully saturated rings. The van der Waals surface area contributed by atoms with E-state index in [0.717, 1.165) is 30.5 Å². The van der Waals surface area contributed by atoms with Gasteiger partial charge in [0, 0.05) is 25.2 Å². The van der Waals surface area contributed by atoms with E-state index < -0.39 is 0 Å². The van der Waals surface area contributed by atoms with Gasteiger partial charge in [-0.25, -0.2) is 4.68 Å². The lowest BCUT2D eigenvalue weighted by Gasteiger charge is -2.27. The molecule has 0 N–H and O–H groups in total. The van der Waals surface area contributed by atoms with Gasteiger partial charge in [-0.2, -0.15) is 0 Å². The number of fused-ring (bicyclic) bond motifs is 1. The molecule has 0 bridgehead atoms. The Balaban J connectivity index is 1.41. The van der Waals surface area contributed by atoms with Crippen LogP contribution >= 0.6 is 12.2 Å². The smallest absolute Gasteiger partial charge is 0.226 e. The van der Waals surface area contributed by atoms with Gasteiger partial charge in [-0.05, 0) is 75.3 Å². The molecular weight excluding hydrogens is 354 g/mol. The largest absolute Gasteiger partial charge is 0.341 e. The molecule has 6 heteroatoms. The van der Waals surface area contributed by atoms with E-state index in [1.54, 1.807) is 0 Å². The second-order valence-corrected chi connectivity index (χ2v) is 8.75. The summed E-state index contributed by atoms with van der Waals surface area (Å²) in [5.41, 5.74) is 2.97. The van der Waals surface area contributed by atoms with Crippen LogP contribution in [0.2, 0.25) is 0 Å². The van der Waals surface area contributed by atoms with Gasteiger partial charge in [-0.15, -0.1) is 5.10 Å². The van der Waals surface area contributed by atoms with Gasteiger partial charge < -0.3 is 4.90 Å². The lowest BCUT2D eigenvalue weighted by Crippen LogP contribution is -2.32. The number of aromatic nitrogens is 3. The van der Waals surface area contributed by atoms with Gasteiger partial charge in [0.05, 0.1) is 6.67 Å². The molecule has 1 saturated carbocycles. The van der Waals surface area contributed by atoms with E-state index in [0.29, 0.717) is 12.1 Å². The second kappa shape index (κ2) is 7.06. The number of nitrogens with zero attached hydrogens (tertiary/aromatic N) is 5. The third-order valence-electron chi connectivity index (χ3n) is 6.39. The van der Waals surface area contributed by atoms with Crippen LogP contribution in [-0.4, -0.2) is 39.4 Å². The van der Waals surface area contributed by atoms with Gasteiger partial charge in [-0.1, -0.05) is 24.3 Å². The summed E-state index contributed by atoms with van der Waals surface area (Å²) in [5.74, 6) is 1.11. The van der Waals surface area contributed by atoms with Crippen LogP contribution in [0, 0.1) is 4.77 Å². The molecule has 0 spiro atoms. The van der Waals surface area contributed by atoms with Crippen molar-refractivity contribution in [2.45, 2.75) is 63.7 Å². The van der Waals surface area contributed by atoms with Gasteiger partial charge in [0.1, 0.15) is 0 Å². The zero-order valence-corrected chi connectivity index (χ0v) is 17.0. The Kier molecular flexibility index (Phi) is 4.56. The van der Waals surface area contributed by atoms with Gasteiger partial charge >= 0.3 is 0 Å². The monoisotopic (exact) mass is 383 g/mol. The average molecular weight is 384 g/mol. The van der Waals surface area contributed by atoms with Crippen molar-refractivity contribution in [1.82, 2.24) is 19.2 Å². The first-order valence-corrected chi connectivity index (χ1v) is 10.9. The van der Waals surface area contributed by atoms with Gasteiger partial charge in [-0.3, -0.25) is 9.47 Å². The Bertz CT molecular complexity index is 875. The van der Waals surface area contributed by atoms with Crippen molar-refractivity contribution in [3.63, 3.8) is 0 Å². The Labute approximate surface area is 166 Å². The molecule has 0 radical (unpaired) electrons. The molecule has 0 amide bonds. The van der Waals surface area contributed by atoms with Crippen LogP contribution in [0.25, 0.3) is 0 Å². The van der Waals surface area contributed by atoms with Crippen LogP contribution in [0.1, 0.15) is 61.7 Å². The summed E-state index contributed by atoms with van der Waals surface area (Å²) in [7, 11) is 2.21. The molecular formula is C21H29N5S. The van der Waals surface area contributed by atoms with Gasteiger partial charge in [0.2, 0.25) is 10.7 Å². The van der Waals surface area contributed by atoms with Crippen LogP contribution in [0.5, 0.6) is 0 Å². The van der Waals surface area contributed by atoms with Crippen molar-refractivity contribution < 1.29 is 0 Å². The summed E-state index contributed by atoms with van der Waals surface area (Å²) < 4.78 is 5.31. The molecule has 1 saturated heterocycles. The molecule has 5 nitrogen and oxygen atoms in total. The highest BCUT2D eigenvalue weighted by molar-refractivity contribution is 7.71. The number of aryl methyl sites for hydroxylation is 1. The van der Waals surface area contributed by atoms with E-state index >= 15 is 0 Å². The van der Waals surface area contributed by atoms with Gasteiger partial charge in [0.15, 0.2) is 0 Å². The standard InChI is InChI=1S/C21H29N5S/c1-23(19-12-9-16-7-3-4-8-18(16)19)15-25-21(27)26(17-10-11-17)20(22-25)24-13-5-2-6-14-24/h3-4,7-8,17,19H,2,5-6,9-15H2,1H3. The summed E-state index contributed by atoms with van der Waals surface area (Å²) in [6.07, 6.45) is 8.72. The molecule has 144 valence electrons. The number of hydrogen-bond acceptors (Lipinski definition) is 4. The van der Waals surface area contributed by atoms with Crippen LogP contribution < -0.4 is 4.90 Å². The zero-order chi connectivity index (χ0) is 18.4. The highest BCUT2D eigenvalue weighted by Crippen LogP contribution is 2.39. The number of benzene rings is 1. The fourth-order valence-corrected chi connectivity index (χ4v) is 5.09. The maximum atomic E-state index is 5.88. The van der Waals surface area contributed by atoms with E-state index in [-0.39, 0.29) is 0 Å². The summed E-state index contributed by atoms with van der Waals surface area (Å²) in [6.45, 7) is 2.99. The molecule has 1 aromatic carbocycles. The SMILES string of the molecule is CN(Cn1nc(N2CCCCC2)n(C2CC2)c1=S)C1CCc2ccccc21. The van der Waals surface area contributed by atoms with Crippen molar-refractivity contribution in [3.05, 3.63) is 40.2 Å². The minimum Gasteiger partial charge on any atom is -0.341 e. The molecule has 1 unspecified atom stereocenters. The first kappa shape index (κ1) is 17.4. The normalized spacial score (nSPS) is 22.4. The van der Waals surface area contributed by atoms with Crippen molar-refractivity contribution in [2.24, 2.45) is 0 Å². The number of anilines is 1. The minimum atomic E-state index is 0.465. The molecule has 27 heavy (non-hydrogen) atoms. The Morgan fingerprint density at radius 2 is 1.89 bits per heavy atom. The fraction of sp³-hybridized carbons (Fsp3) is 0.619. The molecule has 2 aromatic rings. The second-order valence-electron chi connectivity index (χ2n) is 8.38. The lowest BCUT2D eigenvalue weighted by molar-refractivity contribution is 0.181. The maximum absolute atomic E-state index is 5.88. The number of rotatable bonds is 5. The quantitative estimate of drug-likeness (QED) is 0.719. The number of piperidine rings is 1. The van der Waals surface area contributed by atoms with Gasteiger partial charge in [0.25, 0.3) is 0 Å². The highest BCUT2D eigenvalue weighted by Gasteiger charge is 2.32. The molecule has 1 aromatic heterocycles. The molecule has 3 aliphatic rings. The fourth-order valence-electron chi connectivity index (χ4n) is 4.77. The summed E-state index contributed by atoms with van der Waals surface area (Å²) in [6, 6.07) is 9.90. The predicted octanol–water partition coefficient (Wildman–Crippen LogP) is 4.32. The maximum Gasteiger partial charge on any atom is 0.226 e. The van der Waals surface area contributed by atoms with E-state index in [9.17, 15) is 0 Å².